The maximum atomic E-state index is 13.2. The van der Waals surface area contributed by atoms with E-state index in [2.05, 4.69) is 10.6 Å². The van der Waals surface area contributed by atoms with Crippen molar-refractivity contribution < 1.29 is 28.6 Å². The van der Waals surface area contributed by atoms with Crippen LogP contribution >= 0.6 is 11.6 Å². The van der Waals surface area contributed by atoms with Crippen LogP contribution in [0.2, 0.25) is 0 Å². The van der Waals surface area contributed by atoms with Crippen molar-refractivity contribution in [3.8, 4) is 11.5 Å². The summed E-state index contributed by atoms with van der Waals surface area (Å²) in [5, 5.41) is 5.47. The zero-order valence-corrected chi connectivity index (χ0v) is 19.5. The molecule has 0 saturated carbocycles. The molecule has 1 unspecified atom stereocenters. The number of hydrogen-bond acceptors (Lipinski definition) is 7. The summed E-state index contributed by atoms with van der Waals surface area (Å²) in [6, 6.07) is 11.3. The molecule has 3 amide bonds. The van der Waals surface area contributed by atoms with Crippen molar-refractivity contribution in [2.75, 3.05) is 37.6 Å². The molecule has 1 saturated heterocycles. The highest BCUT2D eigenvalue weighted by Crippen LogP contribution is 2.38. The molecular weight excluding hydrogens is 462 g/mol. The number of benzene rings is 2. The molecule has 2 aliphatic heterocycles. The Morgan fingerprint density at radius 3 is 2.68 bits per heavy atom. The Labute approximate surface area is 201 Å². The van der Waals surface area contributed by atoms with Crippen molar-refractivity contribution in [2.45, 2.75) is 18.9 Å². The maximum Gasteiger partial charge on any atom is 0.283 e. The van der Waals surface area contributed by atoms with Gasteiger partial charge in [0.05, 0.1) is 26.0 Å². The van der Waals surface area contributed by atoms with E-state index in [1.807, 2.05) is 0 Å². The first kappa shape index (κ1) is 23.6. The third kappa shape index (κ3) is 4.71. The number of amides is 3. The van der Waals surface area contributed by atoms with Gasteiger partial charge in [0.15, 0.2) is 0 Å². The second-order valence-electron chi connectivity index (χ2n) is 7.72. The van der Waals surface area contributed by atoms with Crippen LogP contribution in [0.1, 0.15) is 23.2 Å². The highest BCUT2D eigenvalue weighted by Gasteiger charge is 2.40. The van der Waals surface area contributed by atoms with Gasteiger partial charge in [-0.15, -0.1) is 0 Å². The molecule has 4 rings (SSSR count). The Kier molecular flexibility index (Phi) is 7.04. The zero-order valence-electron chi connectivity index (χ0n) is 18.7. The summed E-state index contributed by atoms with van der Waals surface area (Å²) in [6.07, 6.45) is 1.93. The molecule has 0 radical (unpaired) electrons. The van der Waals surface area contributed by atoms with Crippen molar-refractivity contribution >= 4 is 40.7 Å². The molecule has 1 fully saturated rings. The summed E-state index contributed by atoms with van der Waals surface area (Å²) in [4.78, 5) is 39.5. The lowest BCUT2D eigenvalue weighted by molar-refractivity contribution is -0.120. The molecule has 10 heteroatoms. The van der Waals surface area contributed by atoms with E-state index in [1.165, 1.54) is 20.3 Å². The summed E-state index contributed by atoms with van der Waals surface area (Å²) in [6.45, 7) is 1.14. The van der Waals surface area contributed by atoms with Gasteiger partial charge in [0.2, 0.25) is 0 Å². The van der Waals surface area contributed by atoms with Crippen LogP contribution in [-0.2, 0) is 14.3 Å². The van der Waals surface area contributed by atoms with E-state index in [0.717, 1.165) is 17.7 Å². The van der Waals surface area contributed by atoms with E-state index in [-0.39, 0.29) is 28.4 Å². The molecule has 0 aromatic heterocycles. The predicted octanol–water partition coefficient (Wildman–Crippen LogP) is 3.05. The highest BCUT2D eigenvalue weighted by atomic mass is 35.5. The number of ether oxygens (including phenoxy) is 3. The lowest BCUT2D eigenvalue weighted by Crippen LogP contribution is -2.32. The molecule has 0 spiro atoms. The summed E-state index contributed by atoms with van der Waals surface area (Å²) in [7, 11) is 2.90. The van der Waals surface area contributed by atoms with Crippen LogP contribution in [-0.4, -0.2) is 51.2 Å². The number of rotatable bonds is 8. The van der Waals surface area contributed by atoms with Crippen LogP contribution in [0, 0.1) is 0 Å². The van der Waals surface area contributed by atoms with Crippen LogP contribution in [0.5, 0.6) is 11.5 Å². The number of methoxy groups -OCH3 is 2. The van der Waals surface area contributed by atoms with Gasteiger partial charge in [-0.1, -0.05) is 17.7 Å². The average Bonchev–Trinajstić information content (AvgIpc) is 3.45. The normalized spacial score (nSPS) is 17.9. The smallest absolute Gasteiger partial charge is 0.283 e. The van der Waals surface area contributed by atoms with Crippen molar-refractivity contribution in [2.24, 2.45) is 0 Å². The topological polar surface area (TPSA) is 106 Å². The van der Waals surface area contributed by atoms with Gasteiger partial charge in [0.1, 0.15) is 22.2 Å². The van der Waals surface area contributed by atoms with Gasteiger partial charge in [0, 0.05) is 30.5 Å². The Morgan fingerprint density at radius 2 is 1.97 bits per heavy atom. The largest absolute Gasteiger partial charge is 0.497 e. The first-order valence-corrected chi connectivity index (χ1v) is 11.1. The van der Waals surface area contributed by atoms with E-state index < -0.39 is 11.8 Å². The molecule has 0 bridgehead atoms. The molecule has 1 atom stereocenters. The van der Waals surface area contributed by atoms with Crippen LogP contribution in [0.25, 0.3) is 0 Å². The van der Waals surface area contributed by atoms with Crippen molar-refractivity contribution in [3.63, 3.8) is 0 Å². The Morgan fingerprint density at radius 1 is 1.15 bits per heavy atom. The number of carbonyl (C=O) groups excluding carboxylic acids is 3. The minimum absolute atomic E-state index is 0.0240. The Hall–Kier alpha value is -3.56. The standard InChI is InChI=1S/C24H24ClN3O6/c1-32-16-8-9-19(33-2)18(12-16)28-23(30)20(25)21(24(28)31)27-15-6-3-5-14(11-15)22(29)26-13-17-7-4-10-34-17/h3,5-6,8-9,11-12,17,27H,4,7,10,13H2,1-2H3,(H,26,29). The van der Waals surface area contributed by atoms with E-state index >= 15 is 0 Å². The average molecular weight is 486 g/mol. The molecule has 2 aromatic rings. The van der Waals surface area contributed by atoms with E-state index in [4.69, 9.17) is 25.8 Å². The van der Waals surface area contributed by atoms with Crippen molar-refractivity contribution in [3.05, 3.63) is 58.8 Å². The quantitative estimate of drug-likeness (QED) is 0.553. The summed E-state index contributed by atoms with van der Waals surface area (Å²) in [5.41, 5.74) is 0.920. The number of hydrogen-bond donors (Lipinski definition) is 2. The van der Waals surface area contributed by atoms with Crippen molar-refractivity contribution in [1.29, 1.82) is 0 Å². The van der Waals surface area contributed by atoms with Crippen LogP contribution < -0.4 is 25.0 Å². The monoisotopic (exact) mass is 485 g/mol. The van der Waals surface area contributed by atoms with Gasteiger partial charge in [-0.2, -0.15) is 0 Å². The fourth-order valence-electron chi connectivity index (χ4n) is 3.80. The van der Waals surface area contributed by atoms with Crippen LogP contribution in [0.15, 0.2) is 53.2 Å². The van der Waals surface area contributed by atoms with Gasteiger partial charge >= 0.3 is 0 Å². The molecule has 2 N–H and O–H groups in total. The molecule has 178 valence electrons. The predicted molar refractivity (Wildman–Crippen MR) is 126 cm³/mol. The van der Waals surface area contributed by atoms with Gasteiger partial charge < -0.3 is 24.8 Å². The van der Waals surface area contributed by atoms with Crippen LogP contribution in [0.4, 0.5) is 11.4 Å². The second-order valence-corrected chi connectivity index (χ2v) is 8.10. The van der Waals surface area contributed by atoms with E-state index in [0.29, 0.717) is 35.9 Å². The number of anilines is 2. The van der Waals surface area contributed by atoms with Gasteiger partial charge in [0.25, 0.3) is 17.7 Å². The van der Waals surface area contributed by atoms with Gasteiger partial charge in [-0.3, -0.25) is 14.4 Å². The molecule has 34 heavy (non-hydrogen) atoms. The fraction of sp³-hybridized carbons (Fsp3) is 0.292. The maximum absolute atomic E-state index is 13.2. The third-order valence-corrected chi connectivity index (χ3v) is 5.91. The minimum Gasteiger partial charge on any atom is -0.497 e. The Bertz CT molecular complexity index is 1160. The minimum atomic E-state index is -0.703. The third-order valence-electron chi connectivity index (χ3n) is 5.56. The number of nitrogens with zero attached hydrogens (tertiary/aromatic N) is 1. The summed E-state index contributed by atoms with van der Waals surface area (Å²) in [5.74, 6) is -0.884. The number of imide groups is 1. The lowest BCUT2D eigenvalue weighted by atomic mass is 10.1. The highest BCUT2D eigenvalue weighted by molar-refractivity contribution is 6.53. The lowest BCUT2D eigenvalue weighted by Gasteiger charge is -2.19. The molecule has 2 aromatic carbocycles. The van der Waals surface area contributed by atoms with E-state index in [1.54, 1.807) is 36.4 Å². The number of halogens is 1. The van der Waals surface area contributed by atoms with Gasteiger partial charge in [-0.25, -0.2) is 4.90 Å². The molecule has 0 aliphatic carbocycles. The molecule has 9 nitrogen and oxygen atoms in total. The van der Waals surface area contributed by atoms with Gasteiger partial charge in [-0.05, 0) is 43.2 Å². The Balaban J connectivity index is 1.52. The fourth-order valence-corrected chi connectivity index (χ4v) is 4.01. The zero-order chi connectivity index (χ0) is 24.2. The SMILES string of the molecule is COc1ccc(OC)c(N2C(=O)C(Cl)=C(Nc3cccc(C(=O)NCC4CCCO4)c3)C2=O)c1. The summed E-state index contributed by atoms with van der Waals surface area (Å²) < 4.78 is 16.0. The number of carbonyl (C=O) groups is 3. The second kappa shape index (κ2) is 10.1. The van der Waals surface area contributed by atoms with E-state index in [9.17, 15) is 14.4 Å². The first-order chi connectivity index (χ1) is 16.4. The first-order valence-electron chi connectivity index (χ1n) is 10.7. The van der Waals surface area contributed by atoms with Crippen molar-refractivity contribution in [1.82, 2.24) is 5.32 Å². The summed E-state index contributed by atoms with van der Waals surface area (Å²) >= 11 is 6.25. The van der Waals surface area contributed by atoms with Crippen LogP contribution in [0.3, 0.4) is 0 Å². The molecule has 2 aliphatic rings. The number of nitrogens with one attached hydrogen (secondary N) is 2. The molecular formula is C24H24ClN3O6. The molecule has 2 heterocycles.